The summed E-state index contributed by atoms with van der Waals surface area (Å²) in [5.74, 6) is -1.33. The number of Topliss-reactive ketones (excluding diaryl/α,β-unsaturated/α-hetero) is 1. The molecule has 0 unspecified atom stereocenters. The van der Waals surface area contributed by atoms with Crippen LogP contribution in [0.5, 0.6) is 0 Å². The van der Waals surface area contributed by atoms with Gasteiger partial charge in [0.1, 0.15) is 6.54 Å². The first kappa shape index (κ1) is 13.3. The van der Waals surface area contributed by atoms with Gasteiger partial charge in [0.05, 0.1) is 11.3 Å². The van der Waals surface area contributed by atoms with Gasteiger partial charge in [0.2, 0.25) is 5.91 Å². The molecule has 3 rings (SSSR count). The van der Waals surface area contributed by atoms with E-state index in [-0.39, 0.29) is 18.5 Å². The molecule has 1 saturated carbocycles. The van der Waals surface area contributed by atoms with Gasteiger partial charge < -0.3 is 4.90 Å². The molecular formula is C14H13BrN2O3. The topological polar surface area (TPSA) is 57.7 Å². The highest BCUT2D eigenvalue weighted by atomic mass is 79.9. The number of ketones is 1. The van der Waals surface area contributed by atoms with Crippen LogP contribution < -0.4 is 4.90 Å². The molecule has 0 N–H and O–H groups in total. The van der Waals surface area contributed by atoms with Crippen LogP contribution in [0.25, 0.3) is 0 Å². The molecular weight excluding hydrogens is 324 g/mol. The van der Waals surface area contributed by atoms with Crippen molar-refractivity contribution in [2.24, 2.45) is 0 Å². The minimum absolute atomic E-state index is 0.0823. The Balaban J connectivity index is 1.88. The van der Waals surface area contributed by atoms with Crippen LogP contribution >= 0.6 is 15.9 Å². The summed E-state index contributed by atoms with van der Waals surface area (Å²) >= 11 is 3.28. The van der Waals surface area contributed by atoms with Crippen molar-refractivity contribution in [1.82, 2.24) is 4.90 Å². The molecule has 0 radical (unpaired) electrons. The number of carbonyl (C=O) groups excluding carboxylic acids is 3. The molecule has 0 saturated heterocycles. The van der Waals surface area contributed by atoms with Gasteiger partial charge >= 0.3 is 0 Å². The first-order valence-corrected chi connectivity index (χ1v) is 7.20. The lowest BCUT2D eigenvalue weighted by molar-refractivity contribution is -0.130. The van der Waals surface area contributed by atoms with Gasteiger partial charge in [-0.05, 0) is 40.9 Å². The van der Waals surface area contributed by atoms with Crippen LogP contribution in [-0.2, 0) is 9.59 Å². The number of amides is 2. The van der Waals surface area contributed by atoms with Crippen molar-refractivity contribution in [2.75, 3.05) is 18.5 Å². The molecule has 2 amide bonds. The number of hydrogen-bond donors (Lipinski definition) is 0. The molecule has 0 atom stereocenters. The predicted molar refractivity (Wildman–Crippen MR) is 76.6 cm³/mol. The SMILES string of the molecule is CN(C(=O)CN1C(=O)C(=O)c2c(Br)cccc21)C1CC1. The monoisotopic (exact) mass is 336 g/mol. The average molecular weight is 337 g/mol. The molecule has 1 aliphatic heterocycles. The molecule has 1 heterocycles. The number of halogens is 1. The van der Waals surface area contributed by atoms with Crippen molar-refractivity contribution >= 4 is 39.2 Å². The van der Waals surface area contributed by atoms with Crippen LogP contribution in [-0.4, -0.2) is 42.1 Å². The van der Waals surface area contributed by atoms with E-state index >= 15 is 0 Å². The van der Waals surface area contributed by atoms with Gasteiger partial charge in [-0.25, -0.2) is 0 Å². The van der Waals surface area contributed by atoms with Gasteiger partial charge in [-0.2, -0.15) is 0 Å². The Morgan fingerprint density at radius 2 is 2.10 bits per heavy atom. The summed E-state index contributed by atoms with van der Waals surface area (Å²) in [5, 5.41) is 0. The van der Waals surface area contributed by atoms with Crippen LogP contribution in [0.4, 0.5) is 5.69 Å². The van der Waals surface area contributed by atoms with Crippen molar-refractivity contribution < 1.29 is 14.4 Å². The Labute approximate surface area is 124 Å². The maximum Gasteiger partial charge on any atom is 0.299 e. The van der Waals surface area contributed by atoms with Crippen LogP contribution in [0.1, 0.15) is 23.2 Å². The van der Waals surface area contributed by atoms with E-state index in [9.17, 15) is 14.4 Å². The smallest absolute Gasteiger partial charge is 0.299 e. The Morgan fingerprint density at radius 3 is 2.75 bits per heavy atom. The molecule has 104 valence electrons. The van der Waals surface area contributed by atoms with Gasteiger partial charge in [-0.3, -0.25) is 19.3 Å². The Hall–Kier alpha value is -1.69. The van der Waals surface area contributed by atoms with Crippen LogP contribution in [0, 0.1) is 0 Å². The summed E-state index contributed by atoms with van der Waals surface area (Å²) in [6.45, 7) is -0.0823. The zero-order chi connectivity index (χ0) is 14.4. The van der Waals surface area contributed by atoms with E-state index in [2.05, 4.69) is 15.9 Å². The molecule has 1 aromatic carbocycles. The summed E-state index contributed by atoms with van der Waals surface area (Å²) in [6, 6.07) is 5.44. The summed E-state index contributed by atoms with van der Waals surface area (Å²) < 4.78 is 0.582. The van der Waals surface area contributed by atoms with Crippen molar-refractivity contribution in [3.63, 3.8) is 0 Å². The molecule has 0 spiro atoms. The van der Waals surface area contributed by atoms with Crippen molar-refractivity contribution in [1.29, 1.82) is 0 Å². The van der Waals surface area contributed by atoms with E-state index in [4.69, 9.17) is 0 Å². The number of carbonyl (C=O) groups is 3. The predicted octanol–water partition coefficient (Wildman–Crippen LogP) is 1.60. The zero-order valence-electron chi connectivity index (χ0n) is 10.9. The molecule has 1 aliphatic carbocycles. The Bertz CT molecular complexity index is 625. The van der Waals surface area contributed by atoms with Gasteiger partial charge in [0, 0.05) is 17.6 Å². The van der Waals surface area contributed by atoms with E-state index in [1.165, 1.54) is 4.90 Å². The van der Waals surface area contributed by atoms with E-state index in [0.717, 1.165) is 12.8 Å². The largest absolute Gasteiger partial charge is 0.341 e. The minimum atomic E-state index is -0.635. The Kier molecular flexibility index (Phi) is 3.12. The third-order valence-electron chi connectivity index (χ3n) is 3.73. The summed E-state index contributed by atoms with van der Waals surface area (Å²) in [7, 11) is 1.74. The number of hydrogen-bond acceptors (Lipinski definition) is 3. The van der Waals surface area contributed by atoms with Crippen LogP contribution in [0.2, 0.25) is 0 Å². The molecule has 0 aromatic heterocycles. The van der Waals surface area contributed by atoms with Gasteiger partial charge in [0.15, 0.2) is 0 Å². The zero-order valence-corrected chi connectivity index (χ0v) is 12.5. The number of rotatable bonds is 3. The molecule has 0 bridgehead atoms. The lowest BCUT2D eigenvalue weighted by atomic mass is 10.1. The maximum absolute atomic E-state index is 12.1. The number of anilines is 1. The second-order valence-corrected chi connectivity index (χ2v) is 5.94. The first-order chi connectivity index (χ1) is 9.50. The molecule has 5 nitrogen and oxygen atoms in total. The third-order valence-corrected chi connectivity index (χ3v) is 4.39. The number of nitrogens with zero attached hydrogens (tertiary/aromatic N) is 2. The highest BCUT2D eigenvalue weighted by Crippen LogP contribution is 2.34. The quantitative estimate of drug-likeness (QED) is 0.788. The first-order valence-electron chi connectivity index (χ1n) is 6.41. The van der Waals surface area contributed by atoms with Crippen molar-refractivity contribution in [2.45, 2.75) is 18.9 Å². The third kappa shape index (κ3) is 2.04. The van der Waals surface area contributed by atoms with Gasteiger partial charge in [0.25, 0.3) is 11.7 Å². The molecule has 1 aromatic rings. The summed E-state index contributed by atoms with van der Waals surface area (Å²) in [4.78, 5) is 39.1. The Morgan fingerprint density at radius 1 is 1.40 bits per heavy atom. The number of fused-ring (bicyclic) bond motifs is 1. The molecule has 6 heteroatoms. The van der Waals surface area contributed by atoms with Crippen molar-refractivity contribution in [3.05, 3.63) is 28.2 Å². The lowest BCUT2D eigenvalue weighted by Crippen LogP contribution is -2.41. The second kappa shape index (κ2) is 4.70. The van der Waals surface area contributed by atoms with E-state index < -0.39 is 11.7 Å². The van der Waals surface area contributed by atoms with Gasteiger partial charge in [-0.15, -0.1) is 0 Å². The summed E-state index contributed by atoms with van der Waals surface area (Å²) in [5.41, 5.74) is 0.853. The summed E-state index contributed by atoms with van der Waals surface area (Å²) in [6.07, 6.45) is 2.02. The fourth-order valence-electron chi connectivity index (χ4n) is 2.37. The van der Waals surface area contributed by atoms with E-state index in [1.807, 2.05) is 0 Å². The highest BCUT2D eigenvalue weighted by molar-refractivity contribution is 9.10. The molecule has 1 fully saturated rings. The fraction of sp³-hybridized carbons (Fsp3) is 0.357. The van der Waals surface area contributed by atoms with Crippen molar-refractivity contribution in [3.8, 4) is 0 Å². The highest BCUT2D eigenvalue weighted by Gasteiger charge is 2.39. The van der Waals surface area contributed by atoms with Gasteiger partial charge in [-0.1, -0.05) is 6.07 Å². The van der Waals surface area contributed by atoms with Crippen LogP contribution in [0.3, 0.4) is 0 Å². The van der Waals surface area contributed by atoms with E-state index in [0.29, 0.717) is 15.7 Å². The minimum Gasteiger partial charge on any atom is -0.341 e. The molecule has 2 aliphatic rings. The lowest BCUT2D eigenvalue weighted by Gasteiger charge is -2.21. The maximum atomic E-state index is 12.1. The van der Waals surface area contributed by atoms with E-state index in [1.54, 1.807) is 30.1 Å². The second-order valence-electron chi connectivity index (χ2n) is 5.09. The number of likely N-dealkylation sites (N-methyl/N-ethyl adjacent to an activating group) is 1. The molecule has 20 heavy (non-hydrogen) atoms. The normalized spacial score (nSPS) is 17.4. The average Bonchev–Trinajstić information content (AvgIpc) is 3.23. The number of benzene rings is 1. The standard InChI is InChI=1S/C14H13BrN2O3/c1-16(8-5-6-8)11(18)7-17-10-4-2-3-9(15)12(10)13(19)14(17)20/h2-4,8H,5-7H2,1H3. The fourth-order valence-corrected chi connectivity index (χ4v) is 2.91. The van der Waals surface area contributed by atoms with Crippen LogP contribution in [0.15, 0.2) is 22.7 Å².